The van der Waals surface area contributed by atoms with Gasteiger partial charge in [-0.1, -0.05) is 120 Å². The van der Waals surface area contributed by atoms with Gasteiger partial charge in [0.2, 0.25) is 0 Å². The molecule has 1 atom stereocenters. The Morgan fingerprint density at radius 3 is 2.24 bits per heavy atom. The summed E-state index contributed by atoms with van der Waals surface area (Å²) in [6.45, 7) is 22.1. The van der Waals surface area contributed by atoms with E-state index in [1.165, 1.54) is 27.8 Å². The van der Waals surface area contributed by atoms with Gasteiger partial charge in [0.25, 0.3) is 0 Å². The summed E-state index contributed by atoms with van der Waals surface area (Å²) < 4.78 is 0. The average molecular weight is 556 g/mol. The van der Waals surface area contributed by atoms with Crippen molar-refractivity contribution in [1.29, 1.82) is 0 Å². The molecule has 4 aromatic rings. The number of hydrogen-bond donors (Lipinski definition) is 2. The lowest BCUT2D eigenvalue weighted by molar-refractivity contribution is 0.685. The largest absolute Gasteiger partial charge is 0.379 e. The monoisotopic (exact) mass is 555 g/mol. The Labute approximate surface area is 253 Å². The summed E-state index contributed by atoms with van der Waals surface area (Å²) in [4.78, 5) is 5.16. The molecule has 0 saturated carbocycles. The Morgan fingerprint density at radius 2 is 1.55 bits per heavy atom. The molecule has 4 rings (SSSR count). The summed E-state index contributed by atoms with van der Waals surface area (Å²) in [5.74, 6) is 0.665. The van der Waals surface area contributed by atoms with E-state index in [1.807, 2.05) is 6.08 Å². The highest BCUT2D eigenvalue weighted by Gasteiger charge is 2.20. The van der Waals surface area contributed by atoms with Gasteiger partial charge in [0.15, 0.2) is 0 Å². The van der Waals surface area contributed by atoms with Crippen molar-refractivity contribution >= 4 is 5.69 Å². The highest BCUT2D eigenvalue weighted by atomic mass is 14.9. The van der Waals surface area contributed by atoms with Crippen LogP contribution in [0.3, 0.4) is 0 Å². The van der Waals surface area contributed by atoms with Crippen molar-refractivity contribution in [1.82, 2.24) is 10.3 Å². The second-order valence-electron chi connectivity index (χ2n) is 11.6. The highest BCUT2D eigenvalue weighted by Crippen LogP contribution is 2.35. The van der Waals surface area contributed by atoms with Gasteiger partial charge in [-0.25, -0.2) is 0 Å². The Balaban J connectivity index is 1.72. The minimum Gasteiger partial charge on any atom is -0.379 e. The van der Waals surface area contributed by atoms with Crippen LogP contribution in [0.4, 0.5) is 5.69 Å². The SMILES string of the molecule is C=C/C(=C(/NCc1cccc(-c2ccccc2C(Nc2cc(C)ccc2C)c2ccccc2)n1)C(=C)C(C)C)C(C)C. The molecule has 0 bridgehead atoms. The van der Waals surface area contributed by atoms with Crippen molar-refractivity contribution in [2.24, 2.45) is 11.8 Å². The number of allylic oxidation sites excluding steroid dienone is 3. The van der Waals surface area contributed by atoms with Crippen LogP contribution in [0.15, 0.2) is 127 Å². The predicted octanol–water partition coefficient (Wildman–Crippen LogP) is 9.96. The molecule has 0 saturated heterocycles. The maximum Gasteiger partial charge on any atom is 0.0774 e. The highest BCUT2D eigenvalue weighted by molar-refractivity contribution is 5.68. The molecule has 0 aliphatic rings. The zero-order valence-corrected chi connectivity index (χ0v) is 26.0. The quantitative estimate of drug-likeness (QED) is 0.171. The Hall–Kier alpha value is -4.37. The summed E-state index contributed by atoms with van der Waals surface area (Å²) in [5, 5.41) is 7.54. The molecule has 1 aromatic heterocycles. The predicted molar refractivity (Wildman–Crippen MR) is 180 cm³/mol. The van der Waals surface area contributed by atoms with E-state index in [9.17, 15) is 0 Å². The second-order valence-corrected chi connectivity index (χ2v) is 11.6. The van der Waals surface area contributed by atoms with Crippen LogP contribution in [-0.2, 0) is 6.54 Å². The molecule has 0 spiro atoms. The van der Waals surface area contributed by atoms with E-state index in [0.717, 1.165) is 33.9 Å². The summed E-state index contributed by atoms with van der Waals surface area (Å²) >= 11 is 0. The molecule has 216 valence electrons. The lowest BCUT2D eigenvalue weighted by Gasteiger charge is -2.25. The fraction of sp³-hybridized carbons (Fsp3) is 0.256. The number of anilines is 1. The number of aromatic nitrogens is 1. The van der Waals surface area contributed by atoms with Gasteiger partial charge in [0.05, 0.1) is 24.0 Å². The molecule has 3 heteroatoms. The van der Waals surface area contributed by atoms with E-state index in [4.69, 9.17) is 4.98 Å². The molecular weight excluding hydrogens is 510 g/mol. The minimum atomic E-state index is -0.0448. The molecule has 2 N–H and O–H groups in total. The number of nitrogens with zero attached hydrogens (tertiary/aromatic N) is 1. The van der Waals surface area contributed by atoms with Crippen molar-refractivity contribution in [3.05, 3.63) is 155 Å². The van der Waals surface area contributed by atoms with Gasteiger partial charge in [-0.2, -0.15) is 0 Å². The molecule has 0 aliphatic heterocycles. The third-order valence-electron chi connectivity index (χ3n) is 7.78. The third-order valence-corrected chi connectivity index (χ3v) is 7.78. The fourth-order valence-corrected chi connectivity index (χ4v) is 5.24. The van der Waals surface area contributed by atoms with Crippen LogP contribution >= 0.6 is 0 Å². The van der Waals surface area contributed by atoms with E-state index in [1.54, 1.807) is 0 Å². The topological polar surface area (TPSA) is 37.0 Å². The second kappa shape index (κ2) is 14.0. The lowest BCUT2D eigenvalue weighted by atomic mass is 9.92. The van der Waals surface area contributed by atoms with Gasteiger partial charge in [0.1, 0.15) is 0 Å². The van der Waals surface area contributed by atoms with Gasteiger partial charge >= 0.3 is 0 Å². The maximum atomic E-state index is 5.16. The van der Waals surface area contributed by atoms with Crippen LogP contribution < -0.4 is 10.6 Å². The van der Waals surface area contributed by atoms with E-state index >= 15 is 0 Å². The van der Waals surface area contributed by atoms with Crippen molar-refractivity contribution in [2.45, 2.75) is 54.1 Å². The van der Waals surface area contributed by atoms with Crippen molar-refractivity contribution in [2.75, 3.05) is 5.32 Å². The van der Waals surface area contributed by atoms with Gasteiger partial charge in [-0.3, -0.25) is 4.98 Å². The first-order chi connectivity index (χ1) is 20.2. The summed E-state index contributed by atoms with van der Waals surface area (Å²) in [6.07, 6.45) is 1.95. The molecule has 0 fully saturated rings. The average Bonchev–Trinajstić information content (AvgIpc) is 2.99. The van der Waals surface area contributed by atoms with Crippen LogP contribution in [0.2, 0.25) is 0 Å². The number of nitrogens with one attached hydrogen (secondary N) is 2. The zero-order valence-electron chi connectivity index (χ0n) is 26.0. The van der Waals surface area contributed by atoms with Gasteiger partial charge in [-0.15, -0.1) is 0 Å². The molecule has 3 nitrogen and oxygen atoms in total. The standard InChI is InChI=1S/C39H45N3/c1-9-33(27(4)5)38(30(8)26(2)3)40-25-32-18-15-21-36(41-32)34-19-13-14-20-35(34)39(31-16-11-10-12-17-31)42-37-24-28(6)22-23-29(37)7/h9-24,26-27,39-40,42H,1,8,25H2,2-7H3/b38-33-. The van der Waals surface area contributed by atoms with E-state index in [2.05, 4.69) is 156 Å². The minimum absolute atomic E-state index is 0.0448. The van der Waals surface area contributed by atoms with Crippen molar-refractivity contribution in [3.8, 4) is 11.3 Å². The Morgan fingerprint density at radius 1 is 0.833 bits per heavy atom. The van der Waals surface area contributed by atoms with Crippen molar-refractivity contribution < 1.29 is 0 Å². The van der Waals surface area contributed by atoms with Crippen LogP contribution in [0.5, 0.6) is 0 Å². The molecule has 3 aromatic carbocycles. The normalized spacial score (nSPS) is 12.6. The number of aryl methyl sites for hydroxylation is 2. The molecular formula is C39H45N3. The van der Waals surface area contributed by atoms with Gasteiger partial charge < -0.3 is 10.6 Å². The van der Waals surface area contributed by atoms with Crippen LogP contribution in [0.25, 0.3) is 11.3 Å². The lowest BCUT2D eigenvalue weighted by Crippen LogP contribution is -2.20. The summed E-state index contributed by atoms with van der Waals surface area (Å²) in [7, 11) is 0. The third kappa shape index (κ3) is 7.28. The molecule has 1 heterocycles. The first-order valence-corrected chi connectivity index (χ1v) is 14.9. The first kappa shape index (κ1) is 30.6. The number of hydrogen-bond acceptors (Lipinski definition) is 3. The molecule has 42 heavy (non-hydrogen) atoms. The smallest absolute Gasteiger partial charge is 0.0774 e. The Kier molecular flexibility index (Phi) is 10.2. The number of benzene rings is 3. The van der Waals surface area contributed by atoms with Gasteiger partial charge in [0, 0.05) is 16.9 Å². The molecule has 0 aliphatic carbocycles. The zero-order chi connectivity index (χ0) is 30.2. The van der Waals surface area contributed by atoms with E-state index < -0.39 is 0 Å². The maximum absolute atomic E-state index is 5.16. The summed E-state index contributed by atoms with van der Waals surface area (Å²) in [5.41, 5.74) is 12.4. The number of rotatable bonds is 12. The Bertz CT molecular complexity index is 1560. The molecule has 0 amide bonds. The summed E-state index contributed by atoms with van der Waals surface area (Å²) in [6, 6.07) is 32.1. The van der Waals surface area contributed by atoms with Crippen LogP contribution in [-0.4, -0.2) is 4.98 Å². The van der Waals surface area contributed by atoms with E-state index in [-0.39, 0.29) is 6.04 Å². The van der Waals surface area contributed by atoms with Gasteiger partial charge in [-0.05, 0) is 77.3 Å². The van der Waals surface area contributed by atoms with Crippen LogP contribution in [0, 0.1) is 25.7 Å². The van der Waals surface area contributed by atoms with Crippen molar-refractivity contribution in [3.63, 3.8) is 0 Å². The van der Waals surface area contributed by atoms with Crippen LogP contribution in [0.1, 0.15) is 61.7 Å². The van der Waals surface area contributed by atoms with E-state index in [0.29, 0.717) is 18.4 Å². The first-order valence-electron chi connectivity index (χ1n) is 14.9. The molecule has 1 unspecified atom stereocenters. The fourth-order valence-electron chi connectivity index (χ4n) is 5.24. The number of pyridine rings is 1. The molecule has 0 radical (unpaired) electrons.